The number of nitrogens with one attached hydrogen (secondary N) is 2. The van der Waals surface area contributed by atoms with Gasteiger partial charge in [-0.25, -0.2) is 0 Å². The molecule has 0 bridgehead atoms. The number of aromatic amines is 1. The van der Waals surface area contributed by atoms with Gasteiger partial charge in [0.1, 0.15) is 0 Å². The molecule has 2 atom stereocenters. The molecule has 6 heteroatoms. The highest BCUT2D eigenvalue weighted by Gasteiger charge is 2.26. The van der Waals surface area contributed by atoms with Crippen LogP contribution in [-0.4, -0.2) is 55.7 Å². The number of hydrogen-bond acceptors (Lipinski definition) is 4. The van der Waals surface area contributed by atoms with Crippen molar-refractivity contribution in [3.05, 3.63) is 59.3 Å². The molecule has 0 fully saturated rings. The quantitative estimate of drug-likeness (QED) is 0.294. The summed E-state index contributed by atoms with van der Waals surface area (Å²) in [6.07, 6.45) is 5.35. The molecule has 0 radical (unpaired) electrons. The summed E-state index contributed by atoms with van der Waals surface area (Å²) in [6.45, 7) is 11.8. The van der Waals surface area contributed by atoms with Gasteiger partial charge in [-0.2, -0.15) is 0 Å². The number of para-hydroxylation sites is 2. The number of ether oxygens (including phenoxy) is 2. The van der Waals surface area contributed by atoms with Crippen molar-refractivity contribution in [2.24, 2.45) is 0 Å². The van der Waals surface area contributed by atoms with E-state index in [1.54, 1.807) is 14.2 Å². The molecule has 1 amide bonds. The molecule has 0 saturated heterocycles. The molecule has 0 spiro atoms. The zero-order valence-electron chi connectivity index (χ0n) is 22.8. The fourth-order valence-corrected chi connectivity index (χ4v) is 5.15. The summed E-state index contributed by atoms with van der Waals surface area (Å²) in [5.74, 6) is 1.20. The van der Waals surface area contributed by atoms with Crippen molar-refractivity contribution in [1.29, 1.82) is 0 Å². The van der Waals surface area contributed by atoms with E-state index in [-0.39, 0.29) is 17.9 Å². The van der Waals surface area contributed by atoms with Gasteiger partial charge in [0.05, 0.1) is 14.2 Å². The second-order valence-corrected chi connectivity index (χ2v) is 9.41. The van der Waals surface area contributed by atoms with Gasteiger partial charge in [0.2, 0.25) is 5.91 Å². The third-order valence-electron chi connectivity index (χ3n) is 7.20. The Morgan fingerprint density at radius 2 is 1.78 bits per heavy atom. The number of hydrogen-bond donors (Lipinski definition) is 2. The van der Waals surface area contributed by atoms with E-state index in [1.165, 1.54) is 5.56 Å². The zero-order chi connectivity index (χ0) is 26.1. The van der Waals surface area contributed by atoms with Gasteiger partial charge in [0.15, 0.2) is 11.5 Å². The zero-order valence-corrected chi connectivity index (χ0v) is 22.8. The first-order chi connectivity index (χ1) is 17.5. The Kier molecular flexibility index (Phi) is 10.2. The number of benzene rings is 2. The van der Waals surface area contributed by atoms with E-state index >= 15 is 0 Å². The Balaban J connectivity index is 1.88. The number of nitrogens with zero attached hydrogens (tertiary/aromatic N) is 1. The van der Waals surface area contributed by atoms with Gasteiger partial charge in [-0.3, -0.25) is 4.79 Å². The van der Waals surface area contributed by atoms with Crippen LogP contribution in [0.25, 0.3) is 10.9 Å². The van der Waals surface area contributed by atoms with Gasteiger partial charge in [-0.15, -0.1) is 0 Å². The van der Waals surface area contributed by atoms with Gasteiger partial charge >= 0.3 is 0 Å². The maximum atomic E-state index is 13.4. The first-order valence-electron chi connectivity index (χ1n) is 13.3. The lowest BCUT2D eigenvalue weighted by molar-refractivity contribution is -0.121. The highest BCUT2D eigenvalue weighted by atomic mass is 16.5. The predicted molar refractivity (Wildman–Crippen MR) is 148 cm³/mol. The van der Waals surface area contributed by atoms with Gasteiger partial charge in [0, 0.05) is 41.0 Å². The van der Waals surface area contributed by atoms with E-state index in [0.717, 1.165) is 60.9 Å². The van der Waals surface area contributed by atoms with Crippen LogP contribution < -0.4 is 14.8 Å². The second-order valence-electron chi connectivity index (χ2n) is 9.41. The molecule has 196 valence electrons. The van der Waals surface area contributed by atoms with Crippen LogP contribution in [0.3, 0.4) is 0 Å². The molecule has 2 aromatic carbocycles. The number of carbonyl (C=O) groups excluding carboxylic acids is 1. The fourth-order valence-electron chi connectivity index (χ4n) is 5.15. The fraction of sp³-hybridized carbons (Fsp3) is 0.500. The number of aryl methyl sites for hydroxylation is 1. The van der Waals surface area contributed by atoms with Crippen molar-refractivity contribution in [3.63, 3.8) is 0 Å². The first-order valence-corrected chi connectivity index (χ1v) is 13.3. The molecule has 0 aliphatic heterocycles. The molecule has 3 aromatic rings. The summed E-state index contributed by atoms with van der Waals surface area (Å²) in [4.78, 5) is 19.2. The number of aromatic nitrogens is 1. The number of H-pyrrole nitrogens is 1. The van der Waals surface area contributed by atoms with Crippen LogP contribution in [0.2, 0.25) is 0 Å². The summed E-state index contributed by atoms with van der Waals surface area (Å²) in [7, 11) is 3.29. The van der Waals surface area contributed by atoms with Crippen LogP contribution in [0, 0.1) is 0 Å². The van der Waals surface area contributed by atoms with Gasteiger partial charge in [-0.05, 0) is 63.0 Å². The molecule has 0 saturated carbocycles. The maximum Gasteiger partial charge on any atom is 0.221 e. The normalized spacial score (nSPS) is 13.1. The Labute approximate surface area is 216 Å². The lowest BCUT2D eigenvalue weighted by atomic mass is 9.86. The minimum atomic E-state index is -0.182. The van der Waals surface area contributed by atoms with Crippen LogP contribution >= 0.6 is 0 Å². The summed E-state index contributed by atoms with van der Waals surface area (Å²) in [6, 6.07) is 12.4. The van der Waals surface area contributed by atoms with Crippen molar-refractivity contribution in [3.8, 4) is 11.5 Å². The molecule has 0 aliphatic carbocycles. The molecular weight excluding hydrogens is 450 g/mol. The van der Waals surface area contributed by atoms with E-state index < -0.39 is 0 Å². The van der Waals surface area contributed by atoms with Crippen molar-refractivity contribution in [2.75, 3.05) is 33.9 Å². The second kappa shape index (κ2) is 13.4. The smallest absolute Gasteiger partial charge is 0.221 e. The van der Waals surface area contributed by atoms with Crippen molar-refractivity contribution >= 4 is 16.8 Å². The lowest BCUT2D eigenvalue weighted by Gasteiger charge is -2.23. The lowest BCUT2D eigenvalue weighted by Crippen LogP contribution is -2.34. The number of carbonyl (C=O) groups is 1. The van der Waals surface area contributed by atoms with Crippen LogP contribution in [0.5, 0.6) is 11.5 Å². The Bertz CT molecular complexity index is 1120. The summed E-state index contributed by atoms with van der Waals surface area (Å²) < 4.78 is 11.4. The molecule has 3 rings (SSSR count). The van der Waals surface area contributed by atoms with E-state index in [0.29, 0.717) is 17.9 Å². The van der Waals surface area contributed by atoms with Gasteiger partial charge in [-0.1, -0.05) is 51.1 Å². The average molecular weight is 494 g/mol. The highest BCUT2D eigenvalue weighted by molar-refractivity contribution is 5.88. The van der Waals surface area contributed by atoms with E-state index in [2.05, 4.69) is 61.1 Å². The van der Waals surface area contributed by atoms with Crippen LogP contribution in [-0.2, 0) is 11.2 Å². The third-order valence-corrected chi connectivity index (χ3v) is 7.20. The molecule has 2 unspecified atom stereocenters. The summed E-state index contributed by atoms with van der Waals surface area (Å²) in [5.41, 5.74) is 4.44. The third kappa shape index (κ3) is 6.41. The molecule has 6 nitrogen and oxygen atoms in total. The number of methoxy groups -OCH3 is 2. The number of rotatable bonds is 14. The highest BCUT2D eigenvalue weighted by Crippen LogP contribution is 2.42. The Morgan fingerprint density at radius 3 is 2.44 bits per heavy atom. The summed E-state index contributed by atoms with van der Waals surface area (Å²) in [5, 5.41) is 4.39. The Hall–Kier alpha value is -2.99. The minimum Gasteiger partial charge on any atom is -0.493 e. The standard InChI is InChI=1S/C30H43N3O3/c1-7-22-14-10-15-23-26(20-31-29(22)23)25(24-16-11-17-27(35-5)30(24)36-6)19-28(34)32-21(4)13-12-18-33(8-2)9-3/h10-11,14-17,20-21,25,31H,7-9,12-13,18-19H2,1-6H3,(H,32,34). The molecule has 36 heavy (non-hydrogen) atoms. The van der Waals surface area contributed by atoms with Crippen LogP contribution in [0.15, 0.2) is 42.6 Å². The van der Waals surface area contributed by atoms with Crippen molar-refractivity contribution in [1.82, 2.24) is 15.2 Å². The largest absolute Gasteiger partial charge is 0.493 e. The number of fused-ring (bicyclic) bond motifs is 1. The molecule has 1 aromatic heterocycles. The topological polar surface area (TPSA) is 66.6 Å². The molecule has 1 heterocycles. The minimum absolute atomic E-state index is 0.0428. The molecule has 2 N–H and O–H groups in total. The first kappa shape index (κ1) is 27.6. The monoisotopic (exact) mass is 493 g/mol. The Morgan fingerprint density at radius 1 is 1.03 bits per heavy atom. The van der Waals surface area contributed by atoms with Crippen LogP contribution in [0.1, 0.15) is 69.6 Å². The summed E-state index contributed by atoms with van der Waals surface area (Å²) >= 11 is 0. The van der Waals surface area contributed by atoms with Crippen molar-refractivity contribution in [2.45, 2.75) is 65.3 Å². The molecule has 0 aliphatic rings. The molecular formula is C30H43N3O3. The predicted octanol–water partition coefficient (Wildman–Crippen LogP) is 5.90. The maximum absolute atomic E-state index is 13.4. The van der Waals surface area contributed by atoms with Gasteiger partial charge < -0.3 is 24.7 Å². The van der Waals surface area contributed by atoms with Crippen LogP contribution in [0.4, 0.5) is 0 Å². The average Bonchev–Trinajstić information content (AvgIpc) is 3.33. The van der Waals surface area contributed by atoms with E-state index in [4.69, 9.17) is 9.47 Å². The van der Waals surface area contributed by atoms with E-state index in [9.17, 15) is 4.79 Å². The van der Waals surface area contributed by atoms with E-state index in [1.807, 2.05) is 24.4 Å². The SMILES string of the molecule is CCc1cccc2c(C(CC(=O)NC(C)CCCN(CC)CC)c3cccc(OC)c3OC)c[nH]c12. The van der Waals surface area contributed by atoms with Crippen molar-refractivity contribution < 1.29 is 14.3 Å². The van der Waals surface area contributed by atoms with Gasteiger partial charge in [0.25, 0.3) is 0 Å². The number of amides is 1.